The first-order valence-corrected chi connectivity index (χ1v) is 10.2. The summed E-state index contributed by atoms with van der Waals surface area (Å²) in [4.78, 5) is 12.4. The fraction of sp³-hybridized carbons (Fsp3) is 0.412. The van der Waals surface area contributed by atoms with Crippen LogP contribution in [0.1, 0.15) is 18.4 Å². The predicted molar refractivity (Wildman–Crippen MR) is 95.5 cm³/mol. The number of amides is 1. The summed E-state index contributed by atoms with van der Waals surface area (Å²) >= 11 is 0. The maximum absolute atomic E-state index is 12.9. The molecule has 26 heavy (non-hydrogen) atoms. The Morgan fingerprint density at radius 1 is 1.35 bits per heavy atom. The summed E-state index contributed by atoms with van der Waals surface area (Å²) < 4.78 is 39.3. The van der Waals surface area contributed by atoms with Gasteiger partial charge in [0, 0.05) is 19.3 Å². The molecule has 0 radical (unpaired) electrons. The number of sulfonamides is 1. The highest BCUT2D eigenvalue weighted by Crippen LogP contribution is 2.20. The van der Waals surface area contributed by atoms with Gasteiger partial charge >= 0.3 is 0 Å². The van der Waals surface area contributed by atoms with Crippen LogP contribution in [-0.2, 0) is 21.4 Å². The van der Waals surface area contributed by atoms with Gasteiger partial charge in [0.25, 0.3) is 0 Å². The van der Waals surface area contributed by atoms with Crippen molar-refractivity contribution >= 4 is 21.6 Å². The van der Waals surface area contributed by atoms with Crippen LogP contribution in [0.2, 0.25) is 0 Å². The van der Waals surface area contributed by atoms with Crippen LogP contribution in [0.3, 0.4) is 0 Å². The van der Waals surface area contributed by atoms with Gasteiger partial charge in [0.1, 0.15) is 5.82 Å². The zero-order valence-electron chi connectivity index (χ0n) is 14.4. The fourth-order valence-electron chi connectivity index (χ4n) is 2.99. The molecule has 0 bridgehead atoms. The van der Waals surface area contributed by atoms with Gasteiger partial charge in [-0.25, -0.2) is 17.1 Å². The summed E-state index contributed by atoms with van der Waals surface area (Å²) in [6, 6.07) is 6.13. The number of nitrogens with zero attached hydrogens (tertiary/aromatic N) is 3. The van der Waals surface area contributed by atoms with E-state index in [1.807, 2.05) is 0 Å². The van der Waals surface area contributed by atoms with E-state index in [1.165, 1.54) is 16.4 Å². The number of benzene rings is 1. The Labute approximate surface area is 151 Å². The van der Waals surface area contributed by atoms with Crippen LogP contribution in [0, 0.1) is 11.7 Å². The lowest BCUT2D eigenvalue weighted by molar-refractivity contribution is -0.120. The molecule has 1 amide bonds. The first-order valence-electron chi connectivity index (χ1n) is 8.34. The molecule has 1 atom stereocenters. The Morgan fingerprint density at radius 3 is 2.77 bits per heavy atom. The highest BCUT2D eigenvalue weighted by molar-refractivity contribution is 7.88. The fourth-order valence-corrected chi connectivity index (χ4v) is 3.90. The van der Waals surface area contributed by atoms with Crippen molar-refractivity contribution in [1.29, 1.82) is 0 Å². The maximum Gasteiger partial charge on any atom is 0.228 e. The van der Waals surface area contributed by atoms with Gasteiger partial charge in [0.2, 0.25) is 15.9 Å². The molecule has 3 rings (SSSR count). The zero-order valence-corrected chi connectivity index (χ0v) is 15.2. The summed E-state index contributed by atoms with van der Waals surface area (Å²) in [5, 5.41) is 6.98. The molecule has 1 N–H and O–H groups in total. The number of hydrogen-bond donors (Lipinski definition) is 1. The number of anilines is 1. The SMILES string of the molecule is CS(=O)(=O)N1CCCC(C(=O)Nc2cnn(Cc3ccc(F)cc3)c2)C1. The van der Waals surface area contributed by atoms with Gasteiger partial charge < -0.3 is 5.32 Å². The van der Waals surface area contributed by atoms with Gasteiger partial charge in [-0.3, -0.25) is 9.48 Å². The quantitative estimate of drug-likeness (QED) is 0.855. The van der Waals surface area contributed by atoms with Crippen molar-refractivity contribution in [2.75, 3.05) is 24.7 Å². The van der Waals surface area contributed by atoms with E-state index in [-0.39, 0.29) is 24.2 Å². The van der Waals surface area contributed by atoms with E-state index in [9.17, 15) is 17.6 Å². The van der Waals surface area contributed by atoms with E-state index in [0.717, 1.165) is 11.8 Å². The molecule has 1 aliphatic heterocycles. The number of carbonyl (C=O) groups is 1. The summed E-state index contributed by atoms with van der Waals surface area (Å²) in [7, 11) is -3.29. The molecular formula is C17H21FN4O3S. The van der Waals surface area contributed by atoms with E-state index in [4.69, 9.17) is 0 Å². The molecular weight excluding hydrogens is 359 g/mol. The van der Waals surface area contributed by atoms with Crippen LogP contribution in [0.25, 0.3) is 0 Å². The normalized spacial score (nSPS) is 18.6. The second-order valence-corrected chi connectivity index (χ2v) is 8.48. The molecule has 1 aliphatic rings. The average Bonchev–Trinajstić information content (AvgIpc) is 3.03. The van der Waals surface area contributed by atoms with Crippen LogP contribution in [0.4, 0.5) is 10.1 Å². The minimum absolute atomic E-state index is 0.203. The lowest BCUT2D eigenvalue weighted by Crippen LogP contribution is -2.43. The monoisotopic (exact) mass is 380 g/mol. The van der Waals surface area contributed by atoms with Crippen LogP contribution >= 0.6 is 0 Å². The topological polar surface area (TPSA) is 84.3 Å². The second-order valence-electron chi connectivity index (χ2n) is 6.50. The third-order valence-corrected chi connectivity index (χ3v) is 5.65. The van der Waals surface area contributed by atoms with Crippen molar-refractivity contribution < 1.29 is 17.6 Å². The van der Waals surface area contributed by atoms with Crippen molar-refractivity contribution in [2.45, 2.75) is 19.4 Å². The van der Waals surface area contributed by atoms with Crippen molar-refractivity contribution in [1.82, 2.24) is 14.1 Å². The molecule has 1 saturated heterocycles. The molecule has 1 aromatic heterocycles. The molecule has 2 aromatic rings. The van der Waals surface area contributed by atoms with Crippen LogP contribution < -0.4 is 5.32 Å². The number of halogens is 1. The zero-order chi connectivity index (χ0) is 18.7. The number of hydrogen-bond acceptors (Lipinski definition) is 4. The van der Waals surface area contributed by atoms with Crippen molar-refractivity contribution in [3.8, 4) is 0 Å². The van der Waals surface area contributed by atoms with E-state index in [0.29, 0.717) is 31.6 Å². The van der Waals surface area contributed by atoms with Crippen LogP contribution in [0.15, 0.2) is 36.7 Å². The first kappa shape index (κ1) is 18.5. The Bertz CT molecular complexity index is 880. The Morgan fingerprint density at radius 2 is 2.08 bits per heavy atom. The molecule has 140 valence electrons. The van der Waals surface area contributed by atoms with Gasteiger partial charge in [-0.2, -0.15) is 5.10 Å². The van der Waals surface area contributed by atoms with Gasteiger partial charge in [-0.05, 0) is 30.5 Å². The number of nitrogens with one attached hydrogen (secondary N) is 1. The molecule has 0 aliphatic carbocycles. The lowest BCUT2D eigenvalue weighted by Gasteiger charge is -2.29. The van der Waals surface area contributed by atoms with Crippen LogP contribution in [0.5, 0.6) is 0 Å². The van der Waals surface area contributed by atoms with Crippen molar-refractivity contribution in [2.24, 2.45) is 5.92 Å². The molecule has 0 spiro atoms. The Hall–Kier alpha value is -2.26. The number of piperidine rings is 1. The minimum Gasteiger partial charge on any atom is -0.323 e. The van der Waals surface area contributed by atoms with Gasteiger partial charge in [-0.1, -0.05) is 12.1 Å². The highest BCUT2D eigenvalue weighted by Gasteiger charge is 2.30. The standard InChI is InChI=1S/C17H21FN4O3S/c1-26(24,25)22-8-2-3-14(11-22)17(23)20-16-9-19-21(12-16)10-13-4-6-15(18)7-5-13/h4-7,9,12,14H,2-3,8,10-11H2,1H3,(H,20,23). The molecule has 7 nitrogen and oxygen atoms in total. The summed E-state index contributed by atoms with van der Waals surface area (Å²) in [6.07, 6.45) is 5.71. The molecule has 1 aromatic carbocycles. The maximum atomic E-state index is 12.9. The summed E-state index contributed by atoms with van der Waals surface area (Å²) in [5.74, 6) is -0.878. The average molecular weight is 380 g/mol. The van der Waals surface area contributed by atoms with E-state index < -0.39 is 10.0 Å². The molecule has 9 heteroatoms. The number of carbonyl (C=O) groups excluding carboxylic acids is 1. The smallest absolute Gasteiger partial charge is 0.228 e. The van der Waals surface area contributed by atoms with Gasteiger partial charge in [0.15, 0.2) is 0 Å². The molecule has 2 heterocycles. The van der Waals surface area contributed by atoms with E-state index >= 15 is 0 Å². The Kier molecular flexibility index (Phi) is 5.38. The lowest BCUT2D eigenvalue weighted by atomic mass is 9.99. The molecule has 0 saturated carbocycles. The number of rotatable bonds is 5. The van der Waals surface area contributed by atoms with Crippen molar-refractivity contribution in [3.63, 3.8) is 0 Å². The van der Waals surface area contributed by atoms with Gasteiger partial charge in [-0.15, -0.1) is 0 Å². The summed E-state index contributed by atoms with van der Waals surface area (Å²) in [6.45, 7) is 1.12. The molecule has 1 unspecified atom stereocenters. The first-order chi connectivity index (χ1) is 12.3. The molecule has 1 fully saturated rings. The van der Waals surface area contributed by atoms with Crippen LogP contribution in [-0.4, -0.2) is 47.8 Å². The highest BCUT2D eigenvalue weighted by atomic mass is 32.2. The Balaban J connectivity index is 1.59. The summed E-state index contributed by atoms with van der Waals surface area (Å²) in [5.41, 5.74) is 1.44. The second kappa shape index (κ2) is 7.55. The third-order valence-electron chi connectivity index (χ3n) is 4.38. The van der Waals surface area contributed by atoms with E-state index in [1.54, 1.807) is 29.2 Å². The van der Waals surface area contributed by atoms with Gasteiger partial charge in [0.05, 0.1) is 30.6 Å². The largest absolute Gasteiger partial charge is 0.323 e. The van der Waals surface area contributed by atoms with E-state index in [2.05, 4.69) is 10.4 Å². The minimum atomic E-state index is -3.29. The third kappa shape index (κ3) is 4.67. The predicted octanol–water partition coefficient (Wildman–Crippen LogP) is 1.68. The number of aromatic nitrogens is 2. The van der Waals surface area contributed by atoms with Crippen molar-refractivity contribution in [3.05, 3.63) is 48.0 Å².